The van der Waals surface area contributed by atoms with Crippen LogP contribution in [0.2, 0.25) is 0 Å². The van der Waals surface area contributed by atoms with Crippen LogP contribution >= 0.6 is 12.2 Å². The summed E-state index contributed by atoms with van der Waals surface area (Å²) in [7, 11) is -3.57. The lowest BCUT2D eigenvalue weighted by Gasteiger charge is -2.06. The standard InChI is InChI=1S/C14H16N2O3S2/c1-10-2-5-12(19-10)9-16-21(17,18)13-6-3-11(4-7-13)8-14(15)20/h2-7,16H,8-9H2,1H3,(H2,15,20). The van der Waals surface area contributed by atoms with E-state index in [-0.39, 0.29) is 11.4 Å². The molecule has 3 N–H and O–H groups in total. The molecule has 1 heterocycles. The number of nitrogens with one attached hydrogen (secondary N) is 1. The summed E-state index contributed by atoms with van der Waals surface area (Å²) in [6.45, 7) is 1.92. The van der Waals surface area contributed by atoms with Crippen molar-refractivity contribution >= 4 is 27.2 Å². The molecule has 0 saturated carbocycles. The molecule has 0 fully saturated rings. The van der Waals surface area contributed by atoms with Crippen LogP contribution in [0.3, 0.4) is 0 Å². The van der Waals surface area contributed by atoms with Gasteiger partial charge >= 0.3 is 0 Å². The second-order valence-electron chi connectivity index (χ2n) is 4.62. The first-order valence-corrected chi connectivity index (χ1v) is 8.18. The van der Waals surface area contributed by atoms with Gasteiger partial charge in [0.2, 0.25) is 10.0 Å². The first kappa shape index (κ1) is 15.7. The topological polar surface area (TPSA) is 85.3 Å². The van der Waals surface area contributed by atoms with Gasteiger partial charge in [-0.05, 0) is 36.8 Å². The zero-order valence-electron chi connectivity index (χ0n) is 11.5. The highest BCUT2D eigenvalue weighted by atomic mass is 32.2. The van der Waals surface area contributed by atoms with Crippen molar-refractivity contribution in [2.24, 2.45) is 5.73 Å². The SMILES string of the molecule is Cc1ccc(CNS(=O)(=O)c2ccc(CC(N)=S)cc2)o1. The quantitative estimate of drug-likeness (QED) is 0.793. The van der Waals surface area contributed by atoms with Crippen LogP contribution in [-0.4, -0.2) is 13.4 Å². The van der Waals surface area contributed by atoms with E-state index < -0.39 is 10.0 Å². The fraction of sp³-hybridized carbons (Fsp3) is 0.214. The number of hydrogen-bond acceptors (Lipinski definition) is 4. The van der Waals surface area contributed by atoms with Crippen molar-refractivity contribution < 1.29 is 12.8 Å². The summed E-state index contributed by atoms with van der Waals surface area (Å²) in [6, 6.07) is 9.99. The average molecular weight is 324 g/mol. The number of hydrogen-bond donors (Lipinski definition) is 2. The van der Waals surface area contributed by atoms with E-state index in [1.54, 1.807) is 31.2 Å². The molecular formula is C14H16N2O3S2. The molecule has 0 bridgehead atoms. The zero-order valence-corrected chi connectivity index (χ0v) is 13.1. The number of sulfonamides is 1. The maximum atomic E-state index is 12.1. The lowest BCUT2D eigenvalue weighted by atomic mass is 10.1. The number of nitrogens with two attached hydrogens (primary N) is 1. The Morgan fingerprint density at radius 3 is 2.43 bits per heavy atom. The molecule has 0 atom stereocenters. The molecule has 5 nitrogen and oxygen atoms in total. The molecule has 112 valence electrons. The van der Waals surface area contributed by atoms with Gasteiger partial charge in [0, 0.05) is 6.42 Å². The Kier molecular flexibility index (Phi) is 4.76. The van der Waals surface area contributed by atoms with Crippen LogP contribution in [0, 0.1) is 6.92 Å². The van der Waals surface area contributed by atoms with Gasteiger partial charge < -0.3 is 10.2 Å². The Hall–Kier alpha value is -1.70. The summed E-state index contributed by atoms with van der Waals surface area (Å²) in [5, 5.41) is 0. The van der Waals surface area contributed by atoms with Gasteiger partial charge in [0.15, 0.2) is 0 Å². The lowest BCUT2D eigenvalue weighted by Crippen LogP contribution is -2.23. The lowest BCUT2D eigenvalue weighted by molar-refractivity contribution is 0.475. The molecule has 7 heteroatoms. The molecule has 0 aliphatic heterocycles. The van der Waals surface area contributed by atoms with E-state index in [4.69, 9.17) is 22.4 Å². The molecule has 1 aromatic carbocycles. The smallest absolute Gasteiger partial charge is 0.240 e. The molecule has 0 saturated heterocycles. The minimum Gasteiger partial charge on any atom is -0.465 e. The maximum Gasteiger partial charge on any atom is 0.240 e. The number of rotatable bonds is 6. The van der Waals surface area contributed by atoms with Gasteiger partial charge in [-0.25, -0.2) is 13.1 Å². The third kappa shape index (κ3) is 4.38. The van der Waals surface area contributed by atoms with E-state index in [9.17, 15) is 8.42 Å². The molecule has 2 rings (SSSR count). The fourth-order valence-electron chi connectivity index (χ4n) is 1.82. The highest BCUT2D eigenvalue weighted by molar-refractivity contribution is 7.89. The number of aryl methyl sites for hydroxylation is 1. The van der Waals surface area contributed by atoms with Crippen molar-refractivity contribution in [1.82, 2.24) is 4.72 Å². The third-order valence-electron chi connectivity index (χ3n) is 2.84. The van der Waals surface area contributed by atoms with E-state index in [1.807, 2.05) is 0 Å². The first-order chi connectivity index (χ1) is 9.87. The third-order valence-corrected chi connectivity index (χ3v) is 4.41. The zero-order chi connectivity index (χ0) is 15.5. The van der Waals surface area contributed by atoms with E-state index in [2.05, 4.69) is 4.72 Å². The largest absolute Gasteiger partial charge is 0.465 e. The van der Waals surface area contributed by atoms with Crippen molar-refractivity contribution in [1.29, 1.82) is 0 Å². The minimum absolute atomic E-state index is 0.116. The summed E-state index contributed by atoms with van der Waals surface area (Å²) in [5.41, 5.74) is 6.33. The van der Waals surface area contributed by atoms with Crippen molar-refractivity contribution in [2.75, 3.05) is 0 Å². The van der Waals surface area contributed by atoms with Gasteiger partial charge in [-0.15, -0.1) is 0 Å². The number of furan rings is 1. The summed E-state index contributed by atoms with van der Waals surface area (Å²) in [5.74, 6) is 1.31. The Morgan fingerprint density at radius 2 is 1.90 bits per heavy atom. The highest BCUT2D eigenvalue weighted by Crippen LogP contribution is 2.13. The van der Waals surface area contributed by atoms with Crippen LogP contribution in [0.4, 0.5) is 0 Å². The van der Waals surface area contributed by atoms with Gasteiger partial charge in [0.05, 0.1) is 16.4 Å². The Labute approximate surface area is 129 Å². The van der Waals surface area contributed by atoms with E-state index in [1.165, 1.54) is 12.1 Å². The van der Waals surface area contributed by atoms with Gasteiger partial charge in [-0.1, -0.05) is 24.4 Å². The molecule has 0 radical (unpaired) electrons. The minimum atomic E-state index is -3.57. The predicted octanol–water partition coefficient (Wildman–Crippen LogP) is 1.90. The second kappa shape index (κ2) is 6.38. The number of thiocarbonyl (C=S) groups is 1. The first-order valence-electron chi connectivity index (χ1n) is 6.29. The van der Waals surface area contributed by atoms with Gasteiger partial charge in [0.25, 0.3) is 0 Å². The van der Waals surface area contributed by atoms with Gasteiger partial charge in [-0.3, -0.25) is 0 Å². The molecule has 0 spiro atoms. The molecule has 0 aliphatic carbocycles. The van der Waals surface area contributed by atoms with E-state index in [0.29, 0.717) is 17.2 Å². The van der Waals surface area contributed by atoms with Crippen molar-refractivity contribution in [2.45, 2.75) is 24.8 Å². The Bertz CT molecular complexity index is 734. The molecule has 0 unspecified atom stereocenters. The van der Waals surface area contributed by atoms with Crippen molar-refractivity contribution in [3.63, 3.8) is 0 Å². The fourth-order valence-corrected chi connectivity index (χ4v) is 2.98. The highest BCUT2D eigenvalue weighted by Gasteiger charge is 2.14. The summed E-state index contributed by atoms with van der Waals surface area (Å²) < 4.78 is 32.1. The Balaban J connectivity index is 2.06. The summed E-state index contributed by atoms with van der Waals surface area (Å²) >= 11 is 4.82. The Morgan fingerprint density at radius 1 is 1.24 bits per heavy atom. The van der Waals surface area contributed by atoms with Crippen LogP contribution in [0.25, 0.3) is 0 Å². The van der Waals surface area contributed by atoms with Crippen LogP contribution in [0.15, 0.2) is 45.7 Å². The van der Waals surface area contributed by atoms with Crippen LogP contribution < -0.4 is 10.5 Å². The van der Waals surface area contributed by atoms with Crippen molar-refractivity contribution in [3.8, 4) is 0 Å². The van der Waals surface area contributed by atoms with Gasteiger partial charge in [0.1, 0.15) is 11.5 Å². The average Bonchev–Trinajstić information content (AvgIpc) is 2.82. The van der Waals surface area contributed by atoms with E-state index in [0.717, 1.165) is 11.3 Å². The molecule has 2 aromatic rings. The van der Waals surface area contributed by atoms with Crippen LogP contribution in [-0.2, 0) is 23.0 Å². The summed E-state index contributed by atoms with van der Waals surface area (Å²) in [6.07, 6.45) is 0.453. The van der Waals surface area contributed by atoms with Gasteiger partial charge in [-0.2, -0.15) is 0 Å². The maximum absolute atomic E-state index is 12.1. The molecule has 0 aliphatic rings. The molecular weight excluding hydrogens is 308 g/mol. The van der Waals surface area contributed by atoms with Crippen molar-refractivity contribution in [3.05, 3.63) is 53.5 Å². The van der Waals surface area contributed by atoms with E-state index >= 15 is 0 Å². The number of benzene rings is 1. The molecule has 21 heavy (non-hydrogen) atoms. The molecule has 0 amide bonds. The summed E-state index contributed by atoms with van der Waals surface area (Å²) in [4.78, 5) is 0.564. The van der Waals surface area contributed by atoms with Crippen LogP contribution in [0.1, 0.15) is 17.1 Å². The van der Waals surface area contributed by atoms with Crippen LogP contribution in [0.5, 0.6) is 0 Å². The second-order valence-corrected chi connectivity index (χ2v) is 6.92. The monoisotopic (exact) mass is 324 g/mol. The predicted molar refractivity (Wildman–Crippen MR) is 84.4 cm³/mol. The normalized spacial score (nSPS) is 11.5. The molecule has 1 aromatic heterocycles.